The number of hydrogen-bond donors (Lipinski definition) is 1. The summed E-state index contributed by atoms with van der Waals surface area (Å²) < 4.78 is 0. The van der Waals surface area contributed by atoms with Crippen LogP contribution in [0.1, 0.15) is 58.1 Å². The van der Waals surface area contributed by atoms with Gasteiger partial charge in [-0.2, -0.15) is 0 Å². The van der Waals surface area contributed by atoms with E-state index in [-0.39, 0.29) is 6.04 Å². The Labute approximate surface area is 129 Å². The van der Waals surface area contributed by atoms with Crippen molar-refractivity contribution >= 4 is 11.6 Å². The summed E-state index contributed by atoms with van der Waals surface area (Å²) in [6.07, 6.45) is 4.86. The quantitative estimate of drug-likeness (QED) is 0.673. The zero-order chi connectivity index (χ0) is 15.0. The highest BCUT2D eigenvalue weighted by atomic mass is 35.5. The second-order valence-corrected chi connectivity index (χ2v) is 6.22. The van der Waals surface area contributed by atoms with E-state index in [1.807, 2.05) is 24.3 Å². The lowest BCUT2D eigenvalue weighted by Crippen LogP contribution is -2.34. The smallest absolute Gasteiger partial charge is 0.0406 e. The zero-order valence-electron chi connectivity index (χ0n) is 13.1. The van der Waals surface area contributed by atoms with E-state index in [1.165, 1.54) is 31.4 Å². The molecule has 0 radical (unpaired) electrons. The van der Waals surface area contributed by atoms with Crippen LogP contribution in [0.25, 0.3) is 0 Å². The first kappa shape index (κ1) is 17.5. The van der Waals surface area contributed by atoms with Gasteiger partial charge in [0.15, 0.2) is 0 Å². The van der Waals surface area contributed by atoms with Gasteiger partial charge in [-0.25, -0.2) is 0 Å². The third kappa shape index (κ3) is 6.25. The topological polar surface area (TPSA) is 29.3 Å². The molecular weight excluding hydrogens is 268 g/mol. The third-order valence-corrected chi connectivity index (χ3v) is 4.06. The Kier molecular flexibility index (Phi) is 8.20. The van der Waals surface area contributed by atoms with Crippen LogP contribution in [0.3, 0.4) is 0 Å². The Morgan fingerprint density at radius 1 is 1.10 bits per heavy atom. The molecule has 1 unspecified atom stereocenters. The molecule has 1 aromatic carbocycles. The van der Waals surface area contributed by atoms with E-state index >= 15 is 0 Å². The van der Waals surface area contributed by atoms with Gasteiger partial charge in [-0.1, -0.05) is 43.5 Å². The first-order valence-corrected chi connectivity index (χ1v) is 8.17. The minimum absolute atomic E-state index is 0.0969. The Hall–Kier alpha value is -0.570. The summed E-state index contributed by atoms with van der Waals surface area (Å²) in [5.74, 6) is 0. The second-order valence-electron chi connectivity index (χ2n) is 5.78. The molecule has 0 aliphatic rings. The molecule has 2 nitrogen and oxygen atoms in total. The fourth-order valence-electron chi connectivity index (χ4n) is 2.37. The van der Waals surface area contributed by atoms with Crippen LogP contribution in [0.15, 0.2) is 24.3 Å². The van der Waals surface area contributed by atoms with Gasteiger partial charge in [0.25, 0.3) is 0 Å². The highest BCUT2D eigenvalue weighted by Gasteiger charge is 2.12. The summed E-state index contributed by atoms with van der Waals surface area (Å²) in [6, 6.07) is 8.58. The predicted octanol–water partition coefficient (Wildman–Crippen LogP) is 4.63. The van der Waals surface area contributed by atoms with E-state index in [0.717, 1.165) is 18.0 Å². The summed E-state index contributed by atoms with van der Waals surface area (Å²) in [4.78, 5) is 2.53. The molecule has 0 aliphatic carbocycles. The predicted molar refractivity (Wildman–Crippen MR) is 89.2 cm³/mol. The number of nitrogens with zero attached hydrogens (tertiary/aromatic N) is 1. The van der Waals surface area contributed by atoms with E-state index in [1.54, 1.807) is 0 Å². The van der Waals surface area contributed by atoms with Crippen LogP contribution >= 0.6 is 11.6 Å². The van der Waals surface area contributed by atoms with Crippen LogP contribution in [0.2, 0.25) is 5.02 Å². The minimum Gasteiger partial charge on any atom is -0.324 e. The van der Waals surface area contributed by atoms with Crippen molar-refractivity contribution in [2.45, 2.75) is 58.5 Å². The van der Waals surface area contributed by atoms with Gasteiger partial charge >= 0.3 is 0 Å². The van der Waals surface area contributed by atoms with Gasteiger partial charge in [-0.05, 0) is 50.9 Å². The lowest BCUT2D eigenvalue weighted by atomic mass is 10.0. The van der Waals surface area contributed by atoms with Crippen molar-refractivity contribution in [3.05, 3.63) is 34.9 Å². The zero-order valence-corrected chi connectivity index (χ0v) is 13.9. The van der Waals surface area contributed by atoms with Crippen LogP contribution in [-0.2, 0) is 0 Å². The van der Waals surface area contributed by atoms with Gasteiger partial charge in [0.1, 0.15) is 0 Å². The number of nitrogens with two attached hydrogens (primary N) is 1. The molecule has 3 heteroatoms. The molecule has 1 rings (SSSR count). The Bertz CT molecular complexity index is 362. The normalized spacial score (nSPS) is 13.2. The average molecular weight is 297 g/mol. The summed E-state index contributed by atoms with van der Waals surface area (Å²) in [5, 5.41) is 0.768. The molecule has 0 bridgehead atoms. The van der Waals surface area contributed by atoms with E-state index in [0.29, 0.717) is 6.04 Å². The lowest BCUT2D eigenvalue weighted by Gasteiger charge is -2.27. The van der Waals surface area contributed by atoms with Crippen molar-refractivity contribution in [3.63, 3.8) is 0 Å². The van der Waals surface area contributed by atoms with Crippen molar-refractivity contribution in [1.82, 2.24) is 4.90 Å². The average Bonchev–Trinajstić information content (AvgIpc) is 2.42. The van der Waals surface area contributed by atoms with Crippen molar-refractivity contribution < 1.29 is 0 Å². The number of halogens is 1. The Morgan fingerprint density at radius 3 is 2.30 bits per heavy atom. The van der Waals surface area contributed by atoms with Gasteiger partial charge in [-0.15, -0.1) is 0 Å². The summed E-state index contributed by atoms with van der Waals surface area (Å²) in [7, 11) is 0. The van der Waals surface area contributed by atoms with E-state index in [4.69, 9.17) is 17.3 Å². The maximum absolute atomic E-state index is 6.28. The number of benzene rings is 1. The van der Waals surface area contributed by atoms with Gasteiger partial charge in [0.2, 0.25) is 0 Å². The van der Waals surface area contributed by atoms with Crippen LogP contribution in [0, 0.1) is 0 Å². The fraction of sp³-hybridized carbons (Fsp3) is 0.647. The number of hydrogen-bond acceptors (Lipinski definition) is 2. The molecular formula is C17H29ClN2. The first-order chi connectivity index (χ1) is 9.54. The maximum Gasteiger partial charge on any atom is 0.0406 e. The van der Waals surface area contributed by atoms with E-state index in [2.05, 4.69) is 25.7 Å². The largest absolute Gasteiger partial charge is 0.324 e. The Balaban J connectivity index is 2.43. The standard InChI is InChI=1S/C17H29ClN2/c1-4-5-6-12-20(14(2)3)13-11-17(19)15-7-9-16(18)10-8-15/h7-10,14,17H,4-6,11-13,19H2,1-3H3. The summed E-state index contributed by atoms with van der Waals surface area (Å²) in [6.45, 7) is 9.01. The molecule has 20 heavy (non-hydrogen) atoms. The molecule has 0 saturated heterocycles. The summed E-state index contributed by atoms with van der Waals surface area (Å²) >= 11 is 5.91. The van der Waals surface area contributed by atoms with Crippen molar-refractivity contribution in [3.8, 4) is 0 Å². The van der Waals surface area contributed by atoms with Crippen molar-refractivity contribution in [2.75, 3.05) is 13.1 Å². The van der Waals surface area contributed by atoms with E-state index in [9.17, 15) is 0 Å². The highest BCUT2D eigenvalue weighted by molar-refractivity contribution is 6.30. The SMILES string of the molecule is CCCCCN(CCC(N)c1ccc(Cl)cc1)C(C)C. The molecule has 2 N–H and O–H groups in total. The number of rotatable bonds is 9. The van der Waals surface area contributed by atoms with Gasteiger partial charge in [0, 0.05) is 23.7 Å². The molecule has 0 aliphatic heterocycles. The monoisotopic (exact) mass is 296 g/mol. The van der Waals surface area contributed by atoms with Gasteiger partial charge in [0.05, 0.1) is 0 Å². The Morgan fingerprint density at radius 2 is 1.75 bits per heavy atom. The molecule has 1 atom stereocenters. The van der Waals surface area contributed by atoms with Crippen LogP contribution < -0.4 is 5.73 Å². The third-order valence-electron chi connectivity index (χ3n) is 3.80. The lowest BCUT2D eigenvalue weighted by molar-refractivity contribution is 0.209. The van der Waals surface area contributed by atoms with E-state index < -0.39 is 0 Å². The molecule has 0 amide bonds. The summed E-state index contributed by atoms with van der Waals surface area (Å²) in [5.41, 5.74) is 7.45. The maximum atomic E-state index is 6.28. The van der Waals surface area contributed by atoms with Crippen molar-refractivity contribution in [2.24, 2.45) is 5.73 Å². The molecule has 0 heterocycles. The van der Waals surface area contributed by atoms with Crippen LogP contribution in [0.4, 0.5) is 0 Å². The van der Waals surface area contributed by atoms with Crippen molar-refractivity contribution in [1.29, 1.82) is 0 Å². The molecule has 0 fully saturated rings. The highest BCUT2D eigenvalue weighted by Crippen LogP contribution is 2.18. The fourth-order valence-corrected chi connectivity index (χ4v) is 2.50. The minimum atomic E-state index is 0.0969. The molecule has 0 saturated carbocycles. The van der Waals surface area contributed by atoms with Gasteiger partial charge < -0.3 is 10.6 Å². The molecule has 0 spiro atoms. The second kappa shape index (κ2) is 9.38. The van der Waals surface area contributed by atoms with Gasteiger partial charge in [-0.3, -0.25) is 0 Å². The first-order valence-electron chi connectivity index (χ1n) is 7.79. The number of unbranched alkanes of at least 4 members (excludes halogenated alkanes) is 2. The van der Waals surface area contributed by atoms with Crippen LogP contribution in [-0.4, -0.2) is 24.0 Å². The molecule has 1 aromatic rings. The van der Waals surface area contributed by atoms with Crippen LogP contribution in [0.5, 0.6) is 0 Å². The molecule has 0 aromatic heterocycles. The molecule has 114 valence electrons.